The SMILES string of the molecule is CCO[C@]1(C)CC[C@@H](O)CC(=O)O[C@H](/C(C)=C/C=C/C(C)(O)C[C@H]2O[C@@H]2[C@H](C)[C@@H](O)CC)[C@@H](C)/C=C/[C@@H]1OC(=O)N1CC[N+](C)(Cc2ccc(NC(=O)C(C)NC(=O)C(NC(=O)OCC3c4ccccc4-c4ccccc43)C(C)C)cc2)CC1. The molecule has 0 aromatic heterocycles. The Bertz CT molecular complexity index is 2800. The number of likely N-dealkylation sites (N-methyl/N-ethyl adjacent to an activating group) is 1. The average molecular weight is 1160 g/mol. The Labute approximate surface area is 496 Å². The van der Waals surface area contributed by atoms with Gasteiger partial charge in [0.15, 0.2) is 6.10 Å². The fraction of sp³-hybridized carbons (Fsp3) is 0.561. The number of carbonyl (C=O) groups is 5. The Balaban J connectivity index is 0.901. The first-order valence-corrected chi connectivity index (χ1v) is 30.1. The molecule has 84 heavy (non-hydrogen) atoms. The van der Waals surface area contributed by atoms with Crippen LogP contribution in [0.25, 0.3) is 11.1 Å². The summed E-state index contributed by atoms with van der Waals surface area (Å²) in [4.78, 5) is 69.2. The maximum absolute atomic E-state index is 14.1. The molecule has 7 rings (SSSR count). The lowest BCUT2D eigenvalue weighted by Gasteiger charge is -2.43. The molecule has 0 spiro atoms. The van der Waals surface area contributed by atoms with Gasteiger partial charge in [-0.3, -0.25) is 19.3 Å². The predicted molar refractivity (Wildman–Crippen MR) is 321 cm³/mol. The first-order valence-electron chi connectivity index (χ1n) is 30.1. The predicted octanol–water partition coefficient (Wildman–Crippen LogP) is 8.72. The zero-order valence-corrected chi connectivity index (χ0v) is 51.0. The zero-order valence-electron chi connectivity index (χ0n) is 51.0. The van der Waals surface area contributed by atoms with E-state index in [4.69, 9.17) is 23.7 Å². The Morgan fingerprint density at radius 2 is 1.57 bits per heavy atom. The highest BCUT2D eigenvalue weighted by Gasteiger charge is 2.47. The Morgan fingerprint density at radius 1 is 0.929 bits per heavy atom. The van der Waals surface area contributed by atoms with Crippen LogP contribution in [0.1, 0.15) is 124 Å². The number of esters is 1. The van der Waals surface area contributed by atoms with E-state index in [2.05, 4.69) is 35.1 Å². The van der Waals surface area contributed by atoms with Crippen LogP contribution in [0.15, 0.2) is 109 Å². The molecule has 2 saturated heterocycles. The van der Waals surface area contributed by atoms with Crippen molar-refractivity contribution in [2.75, 3.05) is 51.8 Å². The van der Waals surface area contributed by atoms with E-state index in [1.54, 1.807) is 43.1 Å². The van der Waals surface area contributed by atoms with Crippen LogP contribution in [0.3, 0.4) is 0 Å². The Morgan fingerprint density at radius 3 is 2.19 bits per heavy atom. The van der Waals surface area contributed by atoms with Crippen LogP contribution in [0.5, 0.6) is 0 Å². The Kier molecular flexibility index (Phi) is 22.2. The van der Waals surface area contributed by atoms with Crippen molar-refractivity contribution in [1.82, 2.24) is 15.5 Å². The number of fused-ring (bicyclic) bond motifs is 3. The van der Waals surface area contributed by atoms with Crippen molar-refractivity contribution in [3.8, 4) is 11.1 Å². The second kappa shape index (κ2) is 28.7. The number of cyclic esters (lactones) is 1. The van der Waals surface area contributed by atoms with Gasteiger partial charge in [0, 0.05) is 42.0 Å². The van der Waals surface area contributed by atoms with Crippen LogP contribution in [0.4, 0.5) is 15.3 Å². The molecule has 0 bridgehead atoms. The van der Waals surface area contributed by atoms with Crippen LogP contribution < -0.4 is 16.0 Å². The van der Waals surface area contributed by atoms with Gasteiger partial charge in [0.2, 0.25) is 11.8 Å². The highest BCUT2D eigenvalue weighted by Crippen LogP contribution is 2.45. The molecule has 3 aliphatic heterocycles. The lowest BCUT2D eigenvalue weighted by atomic mass is 9.88. The van der Waals surface area contributed by atoms with Crippen molar-refractivity contribution in [2.24, 2.45) is 17.8 Å². The monoisotopic (exact) mass is 1160 g/mol. The molecular formula is C66H92N5O13+. The number of epoxide rings is 1. The molecule has 18 nitrogen and oxygen atoms in total. The largest absolute Gasteiger partial charge is 0.457 e. The first-order chi connectivity index (χ1) is 39.8. The lowest BCUT2D eigenvalue weighted by molar-refractivity contribution is -0.926. The van der Waals surface area contributed by atoms with Crippen molar-refractivity contribution in [1.29, 1.82) is 0 Å². The molecule has 4 amide bonds. The number of aliphatic hydroxyl groups is 3. The molecule has 2 fully saturated rings. The molecule has 0 saturated carbocycles. The summed E-state index contributed by atoms with van der Waals surface area (Å²) in [5.41, 5.74) is 4.42. The van der Waals surface area contributed by atoms with Gasteiger partial charge in [0.1, 0.15) is 36.9 Å². The van der Waals surface area contributed by atoms with E-state index in [-0.39, 0.29) is 49.4 Å². The summed E-state index contributed by atoms with van der Waals surface area (Å²) in [6.45, 7) is 21.5. The van der Waals surface area contributed by atoms with E-state index in [9.17, 15) is 39.3 Å². The number of benzene rings is 3. The molecule has 18 heteroatoms. The van der Waals surface area contributed by atoms with Gasteiger partial charge in [0.05, 0.1) is 69.7 Å². The number of aliphatic hydroxyl groups excluding tert-OH is 2. The maximum Gasteiger partial charge on any atom is 0.410 e. The molecule has 4 aliphatic rings. The van der Waals surface area contributed by atoms with Crippen molar-refractivity contribution >= 4 is 35.7 Å². The second-order valence-corrected chi connectivity index (χ2v) is 24.7. The van der Waals surface area contributed by atoms with Gasteiger partial charge in [-0.1, -0.05) is 120 Å². The molecule has 1 aliphatic carbocycles. The lowest BCUT2D eigenvalue weighted by Crippen LogP contribution is -2.58. The minimum absolute atomic E-state index is 0.0398. The van der Waals surface area contributed by atoms with E-state index in [1.165, 1.54) is 0 Å². The zero-order chi connectivity index (χ0) is 61.1. The van der Waals surface area contributed by atoms with Crippen LogP contribution >= 0.6 is 0 Å². The van der Waals surface area contributed by atoms with E-state index in [1.807, 2.05) is 122 Å². The maximum atomic E-state index is 14.1. The third kappa shape index (κ3) is 17.2. The number of rotatable bonds is 21. The van der Waals surface area contributed by atoms with Crippen LogP contribution in [-0.4, -0.2) is 161 Å². The number of nitrogens with zero attached hydrogens (tertiary/aromatic N) is 2. The third-order valence-electron chi connectivity index (χ3n) is 17.2. The van der Waals surface area contributed by atoms with Crippen LogP contribution in [0.2, 0.25) is 0 Å². The molecule has 3 aromatic rings. The number of anilines is 1. The summed E-state index contributed by atoms with van der Waals surface area (Å²) in [7, 11) is 2.14. The van der Waals surface area contributed by atoms with Gasteiger partial charge in [-0.05, 0) is 106 Å². The van der Waals surface area contributed by atoms with Gasteiger partial charge in [-0.25, -0.2) is 9.59 Å². The number of piperazine rings is 1. The number of quaternary nitrogens is 1. The summed E-state index contributed by atoms with van der Waals surface area (Å²) in [6.07, 6.45) is 5.52. The number of ether oxygens (including phenoxy) is 5. The van der Waals surface area contributed by atoms with Crippen molar-refractivity contribution in [3.05, 3.63) is 125 Å². The van der Waals surface area contributed by atoms with Gasteiger partial charge < -0.3 is 59.4 Å². The molecule has 458 valence electrons. The van der Waals surface area contributed by atoms with E-state index in [0.717, 1.165) is 27.8 Å². The quantitative estimate of drug-likeness (QED) is 0.0146. The number of nitrogens with one attached hydrogen (secondary N) is 3. The normalized spacial score (nSPS) is 26.2. The first kappa shape index (κ1) is 65.1. The molecule has 6 N–H and O–H groups in total. The number of alkyl carbamates (subject to hydrolysis) is 1. The highest BCUT2D eigenvalue weighted by molar-refractivity contribution is 5.98. The summed E-state index contributed by atoms with van der Waals surface area (Å²) < 4.78 is 30.9. The molecule has 0 radical (unpaired) electrons. The number of carbonyl (C=O) groups excluding carboxylic acids is 5. The standard InChI is InChI=1S/C66H91N5O13/c1-12-54(73)44(7)60-55(82-60)38-65(9,79)31-18-19-42(5)59-43(6)24-29-56(66(10,81-13-2)32-30-48(72)37-57(74)84-59)83-64(78)70-33-35-71(11,36-34-70)39-46-25-27-47(28-26-46)68-61(75)45(8)67-62(76)58(41(3)4)69-63(77)80-40-53-51-22-16-14-20-49(51)50-21-15-17-23-52(50)53/h14-29,31,41,43-45,48,53-56,58-60,72-73,79H,12-13,30,32-40H2,1-11H3,(H2-,67,68,69,75,76,77)/p+1/b29-24+,31-18+,42-19+/t43-,44+,45?,48+,54-,55+,56-,58?,59+,60+,65?,66+/m0/s1. The number of hydrogen-bond acceptors (Lipinski definition) is 13. The molecular weight excluding hydrogens is 1070 g/mol. The average Bonchev–Trinajstić information content (AvgIpc) is 4.19. The summed E-state index contributed by atoms with van der Waals surface area (Å²) in [5.74, 6) is -2.36. The van der Waals surface area contributed by atoms with Crippen molar-refractivity contribution < 1.29 is 67.5 Å². The summed E-state index contributed by atoms with van der Waals surface area (Å²) in [6, 6.07) is 21.8. The van der Waals surface area contributed by atoms with E-state index >= 15 is 0 Å². The highest BCUT2D eigenvalue weighted by atomic mass is 16.6. The van der Waals surface area contributed by atoms with Crippen LogP contribution in [-0.2, 0) is 44.6 Å². The van der Waals surface area contributed by atoms with E-state index < -0.39 is 83.6 Å². The summed E-state index contributed by atoms with van der Waals surface area (Å²) in [5, 5.41) is 41.0. The van der Waals surface area contributed by atoms with Gasteiger partial charge >= 0.3 is 18.2 Å². The molecule has 3 aromatic carbocycles. The van der Waals surface area contributed by atoms with Gasteiger partial charge in [0.25, 0.3) is 0 Å². The number of allylic oxidation sites excluding steroid dienone is 2. The van der Waals surface area contributed by atoms with E-state index in [0.29, 0.717) is 74.3 Å². The van der Waals surface area contributed by atoms with Crippen LogP contribution in [0, 0.1) is 17.8 Å². The fourth-order valence-electron chi connectivity index (χ4n) is 11.8. The number of amides is 4. The molecule has 3 heterocycles. The minimum atomic E-state index is -1.20. The van der Waals surface area contributed by atoms with Crippen molar-refractivity contribution in [3.63, 3.8) is 0 Å². The Hall–Kier alpha value is -6.41. The fourth-order valence-corrected chi connectivity index (χ4v) is 11.8. The third-order valence-corrected chi connectivity index (χ3v) is 17.2. The molecule has 12 atom stereocenters. The minimum Gasteiger partial charge on any atom is -0.457 e. The topological polar surface area (TPSA) is 235 Å². The number of hydrogen-bond donors (Lipinski definition) is 6. The molecule has 3 unspecified atom stereocenters. The van der Waals surface area contributed by atoms with Gasteiger partial charge in [-0.15, -0.1) is 0 Å². The summed E-state index contributed by atoms with van der Waals surface area (Å²) >= 11 is 0. The smallest absolute Gasteiger partial charge is 0.410 e. The second-order valence-electron chi connectivity index (χ2n) is 24.7. The van der Waals surface area contributed by atoms with Crippen molar-refractivity contribution in [2.45, 2.75) is 174 Å². The van der Waals surface area contributed by atoms with Gasteiger partial charge in [-0.2, -0.15) is 0 Å².